The molecule has 1 aromatic carbocycles. The number of aromatic nitrogens is 1. The predicted octanol–water partition coefficient (Wildman–Crippen LogP) is 1.96. The second kappa shape index (κ2) is 4.65. The molecule has 1 aromatic heterocycles. The lowest BCUT2D eigenvalue weighted by Gasteiger charge is -2.09. The summed E-state index contributed by atoms with van der Waals surface area (Å²) in [7, 11) is 0. The van der Waals surface area contributed by atoms with Crippen molar-refractivity contribution in [2.24, 2.45) is 0 Å². The SMILES string of the molecule is Nc1ccnc(-c2ccccc2)c1CC(=O)O. The maximum absolute atomic E-state index is 10.8. The van der Waals surface area contributed by atoms with E-state index in [-0.39, 0.29) is 6.42 Å². The summed E-state index contributed by atoms with van der Waals surface area (Å²) in [4.78, 5) is 15.0. The minimum Gasteiger partial charge on any atom is -0.481 e. The third-order valence-electron chi connectivity index (χ3n) is 2.47. The molecule has 2 rings (SSSR count). The number of nitrogen functional groups attached to an aromatic ring is 1. The predicted molar refractivity (Wildman–Crippen MR) is 65.4 cm³/mol. The van der Waals surface area contributed by atoms with E-state index in [2.05, 4.69) is 4.98 Å². The smallest absolute Gasteiger partial charge is 0.307 e. The summed E-state index contributed by atoms with van der Waals surface area (Å²) in [6, 6.07) is 11.0. The Morgan fingerprint density at radius 3 is 2.59 bits per heavy atom. The van der Waals surface area contributed by atoms with Gasteiger partial charge in [0.15, 0.2) is 0 Å². The molecule has 0 bridgehead atoms. The van der Waals surface area contributed by atoms with E-state index in [9.17, 15) is 4.79 Å². The van der Waals surface area contributed by atoms with Crippen LogP contribution in [-0.2, 0) is 11.2 Å². The van der Waals surface area contributed by atoms with Crippen LogP contribution in [0.15, 0.2) is 42.6 Å². The summed E-state index contributed by atoms with van der Waals surface area (Å²) in [6.45, 7) is 0. The first-order valence-electron chi connectivity index (χ1n) is 5.19. The Kier molecular flexibility index (Phi) is 3.05. The van der Waals surface area contributed by atoms with Gasteiger partial charge in [0.25, 0.3) is 0 Å². The van der Waals surface area contributed by atoms with Crippen LogP contribution in [0.4, 0.5) is 5.69 Å². The molecule has 4 heteroatoms. The number of carboxylic acids is 1. The zero-order valence-electron chi connectivity index (χ0n) is 9.13. The van der Waals surface area contributed by atoms with Gasteiger partial charge in [-0.2, -0.15) is 0 Å². The van der Waals surface area contributed by atoms with E-state index in [1.165, 1.54) is 0 Å². The van der Waals surface area contributed by atoms with Gasteiger partial charge in [-0.05, 0) is 6.07 Å². The molecule has 0 aliphatic heterocycles. The molecular formula is C13H12N2O2. The van der Waals surface area contributed by atoms with Crippen molar-refractivity contribution in [3.05, 3.63) is 48.2 Å². The lowest BCUT2D eigenvalue weighted by Crippen LogP contribution is -2.06. The monoisotopic (exact) mass is 228 g/mol. The molecule has 0 radical (unpaired) electrons. The fraction of sp³-hybridized carbons (Fsp3) is 0.0769. The van der Waals surface area contributed by atoms with Crippen LogP contribution in [0.3, 0.4) is 0 Å². The van der Waals surface area contributed by atoms with E-state index >= 15 is 0 Å². The molecule has 17 heavy (non-hydrogen) atoms. The number of hydrogen-bond acceptors (Lipinski definition) is 3. The maximum atomic E-state index is 10.8. The average molecular weight is 228 g/mol. The number of benzene rings is 1. The third-order valence-corrected chi connectivity index (χ3v) is 2.47. The van der Waals surface area contributed by atoms with E-state index < -0.39 is 5.97 Å². The maximum Gasteiger partial charge on any atom is 0.307 e. The lowest BCUT2D eigenvalue weighted by atomic mass is 10.0. The van der Waals surface area contributed by atoms with Crippen LogP contribution in [0, 0.1) is 0 Å². The van der Waals surface area contributed by atoms with E-state index in [1.54, 1.807) is 12.3 Å². The highest BCUT2D eigenvalue weighted by molar-refractivity contribution is 5.79. The Labute approximate surface area is 98.7 Å². The number of carboxylic acid groups (broad SMARTS) is 1. The van der Waals surface area contributed by atoms with Gasteiger partial charge in [0.05, 0.1) is 12.1 Å². The Morgan fingerprint density at radius 2 is 1.94 bits per heavy atom. The van der Waals surface area contributed by atoms with Gasteiger partial charge in [-0.1, -0.05) is 30.3 Å². The van der Waals surface area contributed by atoms with Crippen molar-refractivity contribution in [1.29, 1.82) is 0 Å². The normalized spacial score (nSPS) is 10.1. The molecule has 3 N–H and O–H groups in total. The summed E-state index contributed by atoms with van der Waals surface area (Å²) < 4.78 is 0. The number of nitrogens with two attached hydrogens (primary N) is 1. The molecule has 0 unspecified atom stereocenters. The van der Waals surface area contributed by atoms with Crippen LogP contribution in [0.25, 0.3) is 11.3 Å². The number of nitrogens with zero attached hydrogens (tertiary/aromatic N) is 1. The summed E-state index contributed by atoms with van der Waals surface area (Å²) in [5, 5.41) is 8.88. The number of rotatable bonds is 3. The van der Waals surface area contributed by atoms with Gasteiger partial charge >= 0.3 is 5.97 Å². The van der Waals surface area contributed by atoms with Crippen molar-refractivity contribution in [3.63, 3.8) is 0 Å². The second-order valence-electron chi connectivity index (χ2n) is 3.66. The number of hydrogen-bond donors (Lipinski definition) is 2. The van der Waals surface area contributed by atoms with Gasteiger partial charge in [-0.15, -0.1) is 0 Å². The molecule has 0 aliphatic rings. The van der Waals surface area contributed by atoms with Crippen molar-refractivity contribution in [2.45, 2.75) is 6.42 Å². The van der Waals surface area contributed by atoms with Gasteiger partial charge < -0.3 is 10.8 Å². The fourth-order valence-corrected chi connectivity index (χ4v) is 1.69. The molecule has 2 aromatic rings. The van der Waals surface area contributed by atoms with Crippen LogP contribution in [0.1, 0.15) is 5.56 Å². The zero-order chi connectivity index (χ0) is 12.3. The molecule has 0 saturated carbocycles. The molecule has 1 heterocycles. The Morgan fingerprint density at radius 1 is 1.24 bits per heavy atom. The lowest BCUT2D eigenvalue weighted by molar-refractivity contribution is -0.136. The van der Waals surface area contributed by atoms with Crippen LogP contribution in [-0.4, -0.2) is 16.1 Å². The Balaban J connectivity index is 2.54. The number of pyridine rings is 1. The summed E-state index contributed by atoms with van der Waals surface area (Å²) in [5.74, 6) is -0.915. The number of carbonyl (C=O) groups is 1. The molecule has 0 saturated heterocycles. The van der Waals surface area contributed by atoms with Gasteiger partial charge in [0.2, 0.25) is 0 Å². The Hall–Kier alpha value is -2.36. The van der Waals surface area contributed by atoms with Gasteiger partial charge in [0, 0.05) is 23.0 Å². The third kappa shape index (κ3) is 2.42. The highest BCUT2D eigenvalue weighted by Crippen LogP contribution is 2.25. The van der Waals surface area contributed by atoms with E-state index in [0.29, 0.717) is 16.9 Å². The molecule has 0 atom stereocenters. The highest BCUT2D eigenvalue weighted by atomic mass is 16.4. The minimum absolute atomic E-state index is 0.121. The molecule has 0 amide bonds. The molecule has 0 aliphatic carbocycles. The van der Waals surface area contributed by atoms with Crippen LogP contribution in [0.5, 0.6) is 0 Å². The van der Waals surface area contributed by atoms with Crippen LogP contribution < -0.4 is 5.73 Å². The van der Waals surface area contributed by atoms with Crippen molar-refractivity contribution in [2.75, 3.05) is 5.73 Å². The van der Waals surface area contributed by atoms with Gasteiger partial charge in [0.1, 0.15) is 0 Å². The quantitative estimate of drug-likeness (QED) is 0.841. The van der Waals surface area contributed by atoms with Crippen LogP contribution >= 0.6 is 0 Å². The molecule has 4 nitrogen and oxygen atoms in total. The molecule has 0 fully saturated rings. The van der Waals surface area contributed by atoms with Crippen molar-refractivity contribution in [1.82, 2.24) is 4.98 Å². The zero-order valence-corrected chi connectivity index (χ0v) is 9.13. The molecule has 0 spiro atoms. The Bertz CT molecular complexity index is 538. The molecule has 86 valence electrons. The second-order valence-corrected chi connectivity index (χ2v) is 3.66. The number of anilines is 1. The van der Waals surface area contributed by atoms with Gasteiger partial charge in [-0.25, -0.2) is 0 Å². The highest BCUT2D eigenvalue weighted by Gasteiger charge is 2.12. The van der Waals surface area contributed by atoms with Crippen molar-refractivity contribution >= 4 is 11.7 Å². The summed E-state index contributed by atoms with van der Waals surface area (Å²) >= 11 is 0. The first kappa shape index (κ1) is 11.1. The van der Waals surface area contributed by atoms with Crippen molar-refractivity contribution < 1.29 is 9.90 Å². The first-order valence-corrected chi connectivity index (χ1v) is 5.19. The standard InChI is InChI=1S/C13H12N2O2/c14-11-6-7-15-13(10(11)8-12(16)17)9-4-2-1-3-5-9/h1-7H,8H2,(H2,14,15)(H,16,17). The number of aliphatic carboxylic acids is 1. The average Bonchev–Trinajstić information content (AvgIpc) is 2.32. The van der Waals surface area contributed by atoms with E-state index in [1.807, 2.05) is 30.3 Å². The largest absolute Gasteiger partial charge is 0.481 e. The first-order chi connectivity index (χ1) is 8.18. The van der Waals surface area contributed by atoms with E-state index in [0.717, 1.165) is 5.56 Å². The summed E-state index contributed by atoms with van der Waals surface area (Å²) in [6.07, 6.45) is 1.47. The fourth-order valence-electron chi connectivity index (χ4n) is 1.69. The van der Waals surface area contributed by atoms with Crippen molar-refractivity contribution in [3.8, 4) is 11.3 Å². The minimum atomic E-state index is -0.915. The van der Waals surface area contributed by atoms with Gasteiger partial charge in [-0.3, -0.25) is 9.78 Å². The molecular weight excluding hydrogens is 216 g/mol. The van der Waals surface area contributed by atoms with Crippen LogP contribution in [0.2, 0.25) is 0 Å². The topological polar surface area (TPSA) is 76.2 Å². The van der Waals surface area contributed by atoms with E-state index in [4.69, 9.17) is 10.8 Å². The summed E-state index contributed by atoms with van der Waals surface area (Å²) in [5.41, 5.74) is 8.33.